The van der Waals surface area contributed by atoms with E-state index in [0.717, 1.165) is 12.0 Å². The van der Waals surface area contributed by atoms with E-state index in [4.69, 9.17) is 0 Å². The van der Waals surface area contributed by atoms with Gasteiger partial charge in [-0.3, -0.25) is 4.79 Å². The fourth-order valence-corrected chi connectivity index (χ4v) is 1.68. The highest BCUT2D eigenvalue weighted by atomic mass is 16.5. The summed E-state index contributed by atoms with van der Waals surface area (Å²) in [6, 6.07) is 3.49. The molecule has 1 aliphatic carbocycles. The van der Waals surface area contributed by atoms with Gasteiger partial charge in [-0.15, -0.1) is 0 Å². The van der Waals surface area contributed by atoms with Gasteiger partial charge in [0, 0.05) is 12.8 Å². The van der Waals surface area contributed by atoms with Crippen LogP contribution in [0.1, 0.15) is 28.2 Å². The Labute approximate surface area is 87.3 Å². The Morgan fingerprint density at radius 3 is 2.93 bits per heavy atom. The maximum Gasteiger partial charge on any atom is 0.356 e. The number of Topliss-reactive ketones (excluding diaryl/α,β-unsaturated/α-hetero) is 1. The number of nitrogens with zero attached hydrogens (tertiary/aromatic N) is 1. The molecule has 1 aromatic heterocycles. The summed E-state index contributed by atoms with van der Waals surface area (Å²) in [5.74, 6) is -0.284. The minimum Gasteiger partial charge on any atom is -0.464 e. The van der Waals surface area contributed by atoms with Gasteiger partial charge in [-0.2, -0.15) is 0 Å². The third-order valence-corrected chi connectivity index (χ3v) is 2.50. The molecule has 0 N–H and O–H groups in total. The summed E-state index contributed by atoms with van der Waals surface area (Å²) in [6.07, 6.45) is 1.63. The summed E-state index contributed by atoms with van der Waals surface area (Å²) in [7, 11) is 1.31. The molecule has 4 heteroatoms. The Hall–Kier alpha value is -1.71. The summed E-state index contributed by atoms with van der Waals surface area (Å²) >= 11 is 0. The predicted molar refractivity (Wildman–Crippen MR) is 52.6 cm³/mol. The lowest BCUT2D eigenvalue weighted by Gasteiger charge is -2.13. The summed E-state index contributed by atoms with van der Waals surface area (Å²) < 4.78 is 4.57. The molecular weight excluding hydrogens is 194 g/mol. The van der Waals surface area contributed by atoms with Crippen molar-refractivity contribution < 1.29 is 14.3 Å². The molecular formula is C11H11NO3. The van der Waals surface area contributed by atoms with Crippen molar-refractivity contribution in [1.29, 1.82) is 0 Å². The lowest BCUT2D eigenvalue weighted by Crippen LogP contribution is -2.17. The number of aryl methyl sites for hydroxylation is 1. The quantitative estimate of drug-likeness (QED) is 0.640. The van der Waals surface area contributed by atoms with Gasteiger partial charge in [0.05, 0.1) is 12.8 Å². The van der Waals surface area contributed by atoms with Gasteiger partial charge in [-0.05, 0) is 18.1 Å². The maximum atomic E-state index is 11.2. The number of ketones is 1. The number of fused-ring (bicyclic) bond motifs is 1. The van der Waals surface area contributed by atoms with Crippen molar-refractivity contribution in [3.63, 3.8) is 0 Å². The Morgan fingerprint density at radius 2 is 2.20 bits per heavy atom. The smallest absolute Gasteiger partial charge is 0.356 e. The zero-order chi connectivity index (χ0) is 10.8. The number of hydrogen-bond acceptors (Lipinski definition) is 4. The molecule has 1 aromatic rings. The van der Waals surface area contributed by atoms with Crippen LogP contribution in [-0.4, -0.2) is 23.8 Å². The van der Waals surface area contributed by atoms with E-state index >= 15 is 0 Å². The zero-order valence-corrected chi connectivity index (χ0v) is 8.45. The van der Waals surface area contributed by atoms with Gasteiger partial charge in [0.25, 0.3) is 0 Å². The highest BCUT2D eigenvalue weighted by Crippen LogP contribution is 2.17. The zero-order valence-electron chi connectivity index (χ0n) is 8.45. The van der Waals surface area contributed by atoms with E-state index in [9.17, 15) is 9.59 Å². The fourth-order valence-electron chi connectivity index (χ4n) is 1.68. The molecule has 0 aliphatic heterocycles. The Balaban J connectivity index is 2.36. The monoisotopic (exact) mass is 205 g/mol. The fraction of sp³-hybridized carbons (Fsp3) is 0.364. The molecule has 4 nitrogen and oxygen atoms in total. The number of methoxy groups -OCH3 is 1. The van der Waals surface area contributed by atoms with Crippen molar-refractivity contribution in [2.75, 3.05) is 7.11 Å². The first-order valence-corrected chi connectivity index (χ1v) is 4.79. The molecule has 78 valence electrons. The van der Waals surface area contributed by atoms with Crippen molar-refractivity contribution in [3.8, 4) is 0 Å². The molecule has 0 bridgehead atoms. The van der Waals surface area contributed by atoms with Crippen LogP contribution in [0, 0.1) is 0 Å². The van der Waals surface area contributed by atoms with Crippen LogP contribution in [0.3, 0.4) is 0 Å². The molecule has 1 aliphatic rings. The second kappa shape index (κ2) is 3.81. The second-order valence-corrected chi connectivity index (χ2v) is 3.51. The number of esters is 1. The first-order valence-electron chi connectivity index (χ1n) is 4.79. The number of pyridine rings is 1. The van der Waals surface area contributed by atoms with Crippen molar-refractivity contribution in [2.45, 2.75) is 19.3 Å². The number of hydrogen-bond donors (Lipinski definition) is 0. The molecule has 2 rings (SSSR count). The van der Waals surface area contributed by atoms with Gasteiger partial charge in [-0.1, -0.05) is 6.07 Å². The van der Waals surface area contributed by atoms with E-state index < -0.39 is 5.97 Å². The predicted octanol–water partition coefficient (Wildman–Crippen LogP) is 0.926. The van der Waals surface area contributed by atoms with Gasteiger partial charge < -0.3 is 4.74 Å². The highest BCUT2D eigenvalue weighted by Gasteiger charge is 2.18. The second-order valence-electron chi connectivity index (χ2n) is 3.51. The van der Waals surface area contributed by atoms with Crippen LogP contribution < -0.4 is 0 Å². The number of aromatic nitrogens is 1. The van der Waals surface area contributed by atoms with Crippen LogP contribution in [0.25, 0.3) is 0 Å². The van der Waals surface area contributed by atoms with E-state index in [2.05, 4.69) is 9.72 Å². The standard InChI is InChI=1S/C11H11NO3/c1-15-11(14)9-5-3-7-2-4-8(13)6-10(7)12-9/h3,5H,2,4,6H2,1H3. The molecule has 15 heavy (non-hydrogen) atoms. The minimum atomic E-state index is -0.462. The van der Waals surface area contributed by atoms with Crippen molar-refractivity contribution in [1.82, 2.24) is 4.98 Å². The van der Waals surface area contributed by atoms with Crippen molar-refractivity contribution in [3.05, 3.63) is 29.1 Å². The first kappa shape index (κ1) is 9.83. The van der Waals surface area contributed by atoms with E-state index in [-0.39, 0.29) is 11.5 Å². The highest BCUT2D eigenvalue weighted by molar-refractivity contribution is 5.88. The molecule has 0 atom stereocenters. The lowest BCUT2D eigenvalue weighted by atomic mass is 9.95. The van der Waals surface area contributed by atoms with Gasteiger partial charge in [0.1, 0.15) is 11.5 Å². The molecule has 1 heterocycles. The molecule has 0 fully saturated rings. The topological polar surface area (TPSA) is 56.3 Å². The summed E-state index contributed by atoms with van der Waals surface area (Å²) in [5, 5.41) is 0. The van der Waals surface area contributed by atoms with Crippen LogP contribution in [-0.2, 0) is 22.4 Å². The average Bonchev–Trinajstić information content (AvgIpc) is 2.27. The first-order chi connectivity index (χ1) is 7.20. The molecule has 0 spiro atoms. The Kier molecular flexibility index (Phi) is 2.49. The molecule has 0 unspecified atom stereocenters. The van der Waals surface area contributed by atoms with Crippen LogP contribution in [0.5, 0.6) is 0 Å². The maximum absolute atomic E-state index is 11.2. The number of rotatable bonds is 1. The van der Waals surface area contributed by atoms with E-state index in [1.54, 1.807) is 6.07 Å². The Bertz CT molecular complexity index is 426. The SMILES string of the molecule is COC(=O)c1ccc2c(n1)CC(=O)CC2. The molecule has 0 amide bonds. The number of carbonyl (C=O) groups is 2. The molecule has 0 saturated heterocycles. The van der Waals surface area contributed by atoms with Crippen molar-refractivity contribution >= 4 is 11.8 Å². The van der Waals surface area contributed by atoms with Gasteiger partial charge >= 0.3 is 5.97 Å². The van der Waals surface area contributed by atoms with Crippen LogP contribution >= 0.6 is 0 Å². The Morgan fingerprint density at radius 1 is 1.40 bits per heavy atom. The molecule has 0 aromatic carbocycles. The summed E-state index contributed by atoms with van der Waals surface area (Å²) in [6.45, 7) is 0. The molecule has 0 radical (unpaired) electrons. The third-order valence-electron chi connectivity index (χ3n) is 2.50. The lowest BCUT2D eigenvalue weighted by molar-refractivity contribution is -0.118. The van der Waals surface area contributed by atoms with E-state index in [1.165, 1.54) is 7.11 Å². The van der Waals surface area contributed by atoms with Gasteiger partial charge in [-0.25, -0.2) is 9.78 Å². The van der Waals surface area contributed by atoms with Gasteiger partial charge in [0.15, 0.2) is 0 Å². The van der Waals surface area contributed by atoms with Crippen LogP contribution in [0.15, 0.2) is 12.1 Å². The largest absolute Gasteiger partial charge is 0.464 e. The molecule has 0 saturated carbocycles. The van der Waals surface area contributed by atoms with Crippen molar-refractivity contribution in [2.24, 2.45) is 0 Å². The number of carbonyl (C=O) groups excluding carboxylic acids is 2. The van der Waals surface area contributed by atoms with Gasteiger partial charge in [0.2, 0.25) is 0 Å². The van der Waals surface area contributed by atoms with E-state index in [0.29, 0.717) is 18.5 Å². The number of ether oxygens (including phenoxy) is 1. The summed E-state index contributed by atoms with van der Waals surface area (Å²) in [5.41, 5.74) is 2.04. The van der Waals surface area contributed by atoms with Crippen LogP contribution in [0.4, 0.5) is 0 Å². The average molecular weight is 205 g/mol. The normalized spacial score (nSPS) is 14.6. The third kappa shape index (κ3) is 1.88. The van der Waals surface area contributed by atoms with Crippen LogP contribution in [0.2, 0.25) is 0 Å². The summed E-state index contributed by atoms with van der Waals surface area (Å²) in [4.78, 5) is 26.6. The minimum absolute atomic E-state index is 0.178. The van der Waals surface area contributed by atoms with E-state index in [1.807, 2.05) is 6.07 Å².